The molecule has 3 aliphatic rings. The van der Waals surface area contributed by atoms with E-state index in [4.69, 9.17) is 0 Å². The van der Waals surface area contributed by atoms with Crippen LogP contribution in [0.4, 0.5) is 0 Å². The molecular formula is C18H32. The third-order valence-corrected chi connectivity index (χ3v) is 6.92. The molecule has 0 aromatic heterocycles. The molecule has 0 bridgehead atoms. The van der Waals surface area contributed by atoms with E-state index < -0.39 is 0 Å². The summed E-state index contributed by atoms with van der Waals surface area (Å²) in [5.41, 5.74) is 1.63. The number of hydrogen-bond acceptors (Lipinski definition) is 0. The lowest BCUT2D eigenvalue weighted by atomic mass is 9.44. The van der Waals surface area contributed by atoms with E-state index >= 15 is 0 Å². The fourth-order valence-corrected chi connectivity index (χ4v) is 6.28. The lowest BCUT2D eigenvalue weighted by Crippen LogP contribution is -2.53. The normalized spacial score (nSPS) is 46.3. The Morgan fingerprint density at radius 3 is 2.61 bits per heavy atom. The van der Waals surface area contributed by atoms with Crippen molar-refractivity contribution in [1.29, 1.82) is 0 Å². The first kappa shape index (κ1) is 13.0. The lowest BCUT2D eigenvalue weighted by molar-refractivity contribution is -0.122. The molecule has 0 amide bonds. The van der Waals surface area contributed by atoms with Crippen molar-refractivity contribution in [2.24, 2.45) is 22.7 Å². The minimum absolute atomic E-state index is 0.784. The van der Waals surface area contributed by atoms with Gasteiger partial charge < -0.3 is 0 Å². The van der Waals surface area contributed by atoms with Crippen molar-refractivity contribution in [3.05, 3.63) is 0 Å². The smallest absolute Gasteiger partial charge is 0.0230 e. The lowest BCUT2D eigenvalue weighted by Gasteiger charge is -2.61. The molecule has 4 atom stereocenters. The minimum atomic E-state index is 0.784. The van der Waals surface area contributed by atoms with Gasteiger partial charge in [0, 0.05) is 0 Å². The van der Waals surface area contributed by atoms with Gasteiger partial charge in [-0.05, 0) is 61.2 Å². The van der Waals surface area contributed by atoms with Gasteiger partial charge in [0.05, 0.1) is 0 Å². The number of unbranched alkanes of at least 4 members (excludes halogenated alkanes) is 3. The van der Waals surface area contributed by atoms with Gasteiger partial charge in [-0.1, -0.05) is 52.4 Å². The molecule has 1 spiro atoms. The Kier molecular flexibility index (Phi) is 3.49. The number of hydrogen-bond donors (Lipinski definition) is 0. The Morgan fingerprint density at radius 2 is 1.83 bits per heavy atom. The summed E-state index contributed by atoms with van der Waals surface area (Å²) in [5, 5.41) is 0. The molecule has 0 heterocycles. The molecule has 18 heavy (non-hydrogen) atoms. The first-order chi connectivity index (χ1) is 8.71. The molecular weight excluding hydrogens is 216 g/mol. The van der Waals surface area contributed by atoms with Crippen molar-refractivity contribution in [3.8, 4) is 0 Å². The predicted octanol–water partition coefficient (Wildman–Crippen LogP) is 5.95. The number of fused-ring (bicyclic) bond motifs is 2. The molecule has 0 aliphatic heterocycles. The average Bonchev–Trinajstić information content (AvgIpc) is 2.87. The van der Waals surface area contributed by atoms with Crippen LogP contribution in [0.3, 0.4) is 0 Å². The van der Waals surface area contributed by atoms with Gasteiger partial charge in [-0.2, -0.15) is 0 Å². The van der Waals surface area contributed by atoms with Gasteiger partial charge >= 0.3 is 0 Å². The van der Waals surface area contributed by atoms with Crippen LogP contribution in [0.15, 0.2) is 0 Å². The van der Waals surface area contributed by atoms with Crippen LogP contribution in [-0.4, -0.2) is 0 Å². The summed E-state index contributed by atoms with van der Waals surface area (Å²) < 4.78 is 0. The van der Waals surface area contributed by atoms with E-state index in [0.29, 0.717) is 0 Å². The van der Waals surface area contributed by atoms with E-state index in [0.717, 1.165) is 22.7 Å². The van der Waals surface area contributed by atoms with E-state index in [1.54, 1.807) is 44.9 Å². The second-order valence-corrected chi connectivity index (χ2v) is 7.95. The Morgan fingerprint density at radius 1 is 1.00 bits per heavy atom. The molecule has 0 saturated heterocycles. The molecule has 3 fully saturated rings. The van der Waals surface area contributed by atoms with Crippen molar-refractivity contribution in [2.75, 3.05) is 0 Å². The largest absolute Gasteiger partial charge is 0.0654 e. The fraction of sp³-hybridized carbons (Fsp3) is 1.00. The maximum Gasteiger partial charge on any atom is -0.0230 e. The number of rotatable bonds is 5. The maximum atomic E-state index is 2.60. The van der Waals surface area contributed by atoms with E-state index in [2.05, 4.69) is 13.8 Å². The Bertz CT molecular complexity index is 294. The summed E-state index contributed by atoms with van der Waals surface area (Å²) in [6, 6.07) is 0. The third kappa shape index (κ3) is 1.86. The molecule has 0 aromatic rings. The van der Waals surface area contributed by atoms with Crippen molar-refractivity contribution in [2.45, 2.75) is 90.9 Å². The molecule has 3 aliphatic carbocycles. The molecule has 0 N–H and O–H groups in total. The molecule has 0 nitrogen and oxygen atoms in total. The molecule has 0 heteroatoms. The topological polar surface area (TPSA) is 0 Å². The van der Waals surface area contributed by atoms with Crippen molar-refractivity contribution in [3.63, 3.8) is 0 Å². The summed E-state index contributed by atoms with van der Waals surface area (Å²) in [6.07, 6.45) is 18.4. The second kappa shape index (κ2) is 4.84. The highest BCUT2D eigenvalue weighted by atomic mass is 14.7. The Hall–Kier alpha value is 0. The third-order valence-electron chi connectivity index (χ3n) is 6.92. The van der Waals surface area contributed by atoms with E-state index in [-0.39, 0.29) is 0 Å². The first-order valence-corrected chi connectivity index (χ1v) is 8.71. The zero-order chi connectivity index (χ0) is 12.6. The van der Waals surface area contributed by atoms with Crippen LogP contribution in [0.25, 0.3) is 0 Å². The van der Waals surface area contributed by atoms with Crippen LogP contribution in [0, 0.1) is 22.7 Å². The average molecular weight is 248 g/mol. The van der Waals surface area contributed by atoms with Crippen LogP contribution < -0.4 is 0 Å². The zero-order valence-corrected chi connectivity index (χ0v) is 12.6. The summed E-state index contributed by atoms with van der Waals surface area (Å²) in [4.78, 5) is 0. The van der Waals surface area contributed by atoms with Crippen LogP contribution in [0.1, 0.15) is 90.9 Å². The van der Waals surface area contributed by atoms with Gasteiger partial charge in [-0.15, -0.1) is 0 Å². The molecule has 104 valence electrons. The molecule has 4 unspecified atom stereocenters. The standard InChI is InChI=1S/C18H32/c1-3-4-5-6-9-15-10-7-13-18(15)14-17(2)12-8-11-16(17)18/h15-16H,3-14H2,1-2H3. The molecule has 0 radical (unpaired) electrons. The summed E-state index contributed by atoms with van der Waals surface area (Å²) >= 11 is 0. The van der Waals surface area contributed by atoms with Gasteiger partial charge in [-0.25, -0.2) is 0 Å². The fourth-order valence-electron chi connectivity index (χ4n) is 6.28. The monoisotopic (exact) mass is 248 g/mol. The highest BCUT2D eigenvalue weighted by molar-refractivity contribution is 5.14. The van der Waals surface area contributed by atoms with E-state index in [9.17, 15) is 0 Å². The van der Waals surface area contributed by atoms with Crippen LogP contribution in [0.5, 0.6) is 0 Å². The van der Waals surface area contributed by atoms with E-state index in [1.807, 2.05) is 0 Å². The molecule has 0 aromatic carbocycles. The quantitative estimate of drug-likeness (QED) is 0.527. The second-order valence-electron chi connectivity index (χ2n) is 7.95. The minimum Gasteiger partial charge on any atom is -0.0654 e. The zero-order valence-electron chi connectivity index (χ0n) is 12.6. The summed E-state index contributed by atoms with van der Waals surface area (Å²) in [6.45, 7) is 4.93. The van der Waals surface area contributed by atoms with Gasteiger partial charge in [0.25, 0.3) is 0 Å². The van der Waals surface area contributed by atoms with Crippen molar-refractivity contribution < 1.29 is 0 Å². The molecule has 3 saturated carbocycles. The van der Waals surface area contributed by atoms with Crippen LogP contribution in [-0.2, 0) is 0 Å². The van der Waals surface area contributed by atoms with Gasteiger partial charge in [0.15, 0.2) is 0 Å². The van der Waals surface area contributed by atoms with Gasteiger partial charge in [0.1, 0.15) is 0 Å². The van der Waals surface area contributed by atoms with Crippen LogP contribution in [0.2, 0.25) is 0 Å². The van der Waals surface area contributed by atoms with Gasteiger partial charge in [-0.3, -0.25) is 0 Å². The van der Waals surface area contributed by atoms with Crippen LogP contribution >= 0.6 is 0 Å². The summed E-state index contributed by atoms with van der Waals surface area (Å²) in [7, 11) is 0. The van der Waals surface area contributed by atoms with Crippen molar-refractivity contribution in [1.82, 2.24) is 0 Å². The van der Waals surface area contributed by atoms with Gasteiger partial charge in [0.2, 0.25) is 0 Å². The Balaban J connectivity index is 1.58. The van der Waals surface area contributed by atoms with Crippen molar-refractivity contribution >= 4 is 0 Å². The SMILES string of the molecule is CCCCCCC1CCCC12CC1(C)CCCC12. The maximum absolute atomic E-state index is 2.60. The highest BCUT2D eigenvalue weighted by Gasteiger charge is 2.65. The molecule has 3 rings (SSSR count). The summed E-state index contributed by atoms with van der Waals surface area (Å²) in [5.74, 6) is 2.24. The first-order valence-electron chi connectivity index (χ1n) is 8.71. The highest BCUT2D eigenvalue weighted by Crippen LogP contribution is 2.74. The predicted molar refractivity (Wildman–Crippen MR) is 78.6 cm³/mol. The Labute approximate surface area is 114 Å². The van der Waals surface area contributed by atoms with E-state index in [1.165, 1.54) is 32.1 Å².